The molecular weight excluding hydrogens is 327 g/mol. The molecule has 1 fully saturated rings. The Morgan fingerprint density at radius 2 is 1.64 bits per heavy atom. The van der Waals surface area contributed by atoms with E-state index in [1.54, 1.807) is 24.3 Å². The molecule has 2 aromatic rings. The molecule has 0 amide bonds. The molecule has 128 valence electrons. The van der Waals surface area contributed by atoms with Crippen molar-refractivity contribution in [3.8, 4) is 11.5 Å². The van der Waals surface area contributed by atoms with Crippen molar-refractivity contribution < 1.29 is 28.2 Å². The summed E-state index contributed by atoms with van der Waals surface area (Å²) in [5, 5.41) is 0. The van der Waals surface area contributed by atoms with Gasteiger partial charge in [0, 0.05) is 25.5 Å². The van der Waals surface area contributed by atoms with Crippen molar-refractivity contribution in [3.63, 3.8) is 0 Å². The van der Waals surface area contributed by atoms with Crippen molar-refractivity contribution in [1.29, 1.82) is 0 Å². The molecule has 25 heavy (non-hydrogen) atoms. The van der Waals surface area contributed by atoms with E-state index in [0.717, 1.165) is 0 Å². The summed E-state index contributed by atoms with van der Waals surface area (Å²) in [5.74, 6) is -2.81. The quantitative estimate of drug-likeness (QED) is 0.482. The molecule has 6 heteroatoms. The van der Waals surface area contributed by atoms with E-state index in [4.69, 9.17) is 14.2 Å². The summed E-state index contributed by atoms with van der Waals surface area (Å²) in [6.07, 6.45) is 1.26. The van der Waals surface area contributed by atoms with Crippen molar-refractivity contribution in [2.45, 2.75) is 19.6 Å². The highest BCUT2D eigenvalue weighted by atomic mass is 19.1. The monoisotopic (exact) mass is 342 g/mol. The Kier molecular flexibility index (Phi) is 4.27. The van der Waals surface area contributed by atoms with E-state index in [1.807, 2.05) is 6.07 Å². The van der Waals surface area contributed by atoms with Gasteiger partial charge >= 0.3 is 11.9 Å². The summed E-state index contributed by atoms with van der Waals surface area (Å²) >= 11 is 0. The number of esters is 2. The van der Waals surface area contributed by atoms with Crippen molar-refractivity contribution in [3.05, 3.63) is 65.5 Å². The maximum atomic E-state index is 13.6. The molecule has 5 nitrogen and oxygen atoms in total. The molecule has 0 spiro atoms. The van der Waals surface area contributed by atoms with Crippen LogP contribution in [0, 0.1) is 5.82 Å². The van der Waals surface area contributed by atoms with Crippen molar-refractivity contribution >= 4 is 18.0 Å². The number of benzene rings is 2. The van der Waals surface area contributed by atoms with Gasteiger partial charge in [0.2, 0.25) is 0 Å². The lowest BCUT2D eigenvalue weighted by atomic mass is 10.1. The minimum absolute atomic E-state index is 0.157. The Morgan fingerprint density at radius 3 is 2.28 bits per heavy atom. The van der Waals surface area contributed by atoms with Gasteiger partial charge in [0.1, 0.15) is 22.9 Å². The van der Waals surface area contributed by atoms with Gasteiger partial charge in [-0.15, -0.1) is 0 Å². The van der Waals surface area contributed by atoms with Crippen LogP contribution in [0.25, 0.3) is 6.08 Å². The van der Waals surface area contributed by atoms with Gasteiger partial charge < -0.3 is 14.2 Å². The zero-order chi connectivity index (χ0) is 18.0. The normalized spacial score (nSPS) is 16.0. The third-order valence-electron chi connectivity index (χ3n) is 3.36. The second-order valence-corrected chi connectivity index (χ2v) is 5.83. The van der Waals surface area contributed by atoms with Crippen molar-refractivity contribution in [2.75, 3.05) is 0 Å². The summed E-state index contributed by atoms with van der Waals surface area (Å²) in [4.78, 5) is 24.1. The van der Waals surface area contributed by atoms with Crippen LogP contribution >= 0.6 is 0 Å². The molecule has 3 rings (SSSR count). The fraction of sp³-hybridized carbons (Fsp3) is 0.158. The third kappa shape index (κ3) is 3.85. The Balaban J connectivity index is 1.97. The van der Waals surface area contributed by atoms with Crippen LogP contribution in [0.3, 0.4) is 0 Å². The minimum Gasteiger partial charge on any atom is -0.457 e. The maximum absolute atomic E-state index is 13.6. The van der Waals surface area contributed by atoms with Gasteiger partial charge in [-0.3, -0.25) is 0 Å². The molecule has 0 aliphatic carbocycles. The van der Waals surface area contributed by atoms with Crippen LogP contribution in [0.15, 0.2) is 54.1 Å². The molecule has 0 aromatic heterocycles. The molecular formula is C19H15FO5. The maximum Gasteiger partial charge on any atom is 0.348 e. The van der Waals surface area contributed by atoms with E-state index in [9.17, 15) is 14.0 Å². The number of ether oxygens (including phenoxy) is 3. The number of hydrogen-bond acceptors (Lipinski definition) is 5. The smallest absolute Gasteiger partial charge is 0.348 e. The first-order chi connectivity index (χ1) is 11.8. The molecule has 0 bridgehead atoms. The second-order valence-electron chi connectivity index (χ2n) is 5.83. The Hall–Kier alpha value is -3.15. The highest BCUT2D eigenvalue weighted by Gasteiger charge is 2.39. The van der Waals surface area contributed by atoms with Crippen molar-refractivity contribution in [2.24, 2.45) is 0 Å². The molecule has 2 aromatic carbocycles. The zero-order valence-electron chi connectivity index (χ0n) is 13.6. The van der Waals surface area contributed by atoms with Crippen LogP contribution in [0.2, 0.25) is 0 Å². The fourth-order valence-electron chi connectivity index (χ4n) is 2.27. The number of carbonyl (C=O) groups excluding carboxylic acids is 2. The molecule has 0 radical (unpaired) electrons. The number of rotatable bonds is 3. The topological polar surface area (TPSA) is 61.8 Å². The molecule has 0 saturated carbocycles. The summed E-state index contributed by atoms with van der Waals surface area (Å²) in [7, 11) is 0. The van der Waals surface area contributed by atoms with E-state index < -0.39 is 23.5 Å². The van der Waals surface area contributed by atoms with Crippen LogP contribution in [0.4, 0.5) is 4.39 Å². The van der Waals surface area contributed by atoms with Crippen LogP contribution in [-0.2, 0) is 19.1 Å². The van der Waals surface area contributed by atoms with Crippen LogP contribution in [0.1, 0.15) is 19.4 Å². The highest BCUT2D eigenvalue weighted by Crippen LogP contribution is 2.30. The number of para-hydroxylation sites is 1. The summed E-state index contributed by atoms with van der Waals surface area (Å²) in [5.41, 5.74) is 0.0534. The molecule has 1 aliphatic rings. The molecule has 1 aliphatic heterocycles. The minimum atomic E-state index is -1.32. The summed E-state index contributed by atoms with van der Waals surface area (Å²) in [6, 6.07) is 12.5. The molecule has 1 heterocycles. The molecule has 1 saturated heterocycles. The number of carbonyl (C=O) groups is 2. The lowest BCUT2D eigenvalue weighted by molar-refractivity contribution is -0.222. The number of cyclic esters (lactones) is 2. The predicted molar refractivity (Wildman–Crippen MR) is 87.2 cm³/mol. The number of halogens is 1. The average Bonchev–Trinajstić information content (AvgIpc) is 2.53. The summed E-state index contributed by atoms with van der Waals surface area (Å²) < 4.78 is 29.3. The Morgan fingerprint density at radius 1 is 1.00 bits per heavy atom. The lowest BCUT2D eigenvalue weighted by Gasteiger charge is -2.29. The van der Waals surface area contributed by atoms with Gasteiger partial charge in [0.05, 0.1) is 0 Å². The SMILES string of the molecule is CC1(C)OC(=O)C(=Cc2ccc(F)cc2Oc2ccccc2)C(=O)O1. The fourth-order valence-corrected chi connectivity index (χ4v) is 2.27. The van der Waals surface area contributed by atoms with Gasteiger partial charge in [-0.1, -0.05) is 18.2 Å². The van der Waals surface area contributed by atoms with Gasteiger partial charge in [-0.25, -0.2) is 14.0 Å². The zero-order valence-corrected chi connectivity index (χ0v) is 13.6. The first-order valence-electron chi connectivity index (χ1n) is 7.55. The van der Waals surface area contributed by atoms with Crippen LogP contribution in [-0.4, -0.2) is 17.7 Å². The second kappa shape index (κ2) is 6.39. The third-order valence-corrected chi connectivity index (χ3v) is 3.36. The van der Waals surface area contributed by atoms with Crippen LogP contribution < -0.4 is 4.74 Å². The van der Waals surface area contributed by atoms with Gasteiger partial charge in [-0.2, -0.15) is 0 Å². The first kappa shape index (κ1) is 16.7. The average molecular weight is 342 g/mol. The van der Waals surface area contributed by atoms with Crippen LogP contribution in [0.5, 0.6) is 11.5 Å². The standard InChI is InChI=1S/C19H15FO5/c1-19(2)24-17(21)15(18(22)25-19)10-12-8-9-13(20)11-16(12)23-14-6-4-3-5-7-14/h3-11H,1-2H3. The molecule has 0 atom stereocenters. The first-order valence-corrected chi connectivity index (χ1v) is 7.55. The van der Waals surface area contributed by atoms with Gasteiger partial charge in [0.25, 0.3) is 5.79 Å². The highest BCUT2D eigenvalue weighted by molar-refractivity contribution is 6.19. The van der Waals surface area contributed by atoms with E-state index >= 15 is 0 Å². The molecule has 0 unspecified atom stereocenters. The summed E-state index contributed by atoms with van der Waals surface area (Å²) in [6.45, 7) is 2.92. The Labute approximate surface area is 143 Å². The van der Waals surface area contributed by atoms with E-state index in [0.29, 0.717) is 11.3 Å². The number of hydrogen-bond donors (Lipinski definition) is 0. The lowest BCUT2D eigenvalue weighted by Crippen LogP contribution is -2.41. The largest absolute Gasteiger partial charge is 0.457 e. The van der Waals surface area contributed by atoms with E-state index in [-0.39, 0.29) is 11.3 Å². The van der Waals surface area contributed by atoms with E-state index in [2.05, 4.69) is 0 Å². The predicted octanol–water partition coefficient (Wildman–Crippen LogP) is 3.84. The van der Waals surface area contributed by atoms with Gasteiger partial charge in [-0.05, 0) is 30.3 Å². The molecule has 0 N–H and O–H groups in total. The van der Waals surface area contributed by atoms with Crippen molar-refractivity contribution in [1.82, 2.24) is 0 Å². The Bertz CT molecular complexity index is 833. The van der Waals surface area contributed by atoms with Gasteiger partial charge in [0.15, 0.2) is 0 Å². The van der Waals surface area contributed by atoms with E-state index in [1.165, 1.54) is 38.1 Å².